The highest BCUT2D eigenvalue weighted by Gasteiger charge is 2.58. The molecule has 1 saturated heterocycles. The molecule has 1 N–H and O–H groups in total. The molecule has 1 saturated carbocycles. The van der Waals surface area contributed by atoms with E-state index in [1.165, 1.54) is 18.6 Å². The number of rotatable bonds is 3. The molecule has 2 fully saturated rings. The van der Waals surface area contributed by atoms with Crippen LogP contribution in [0.25, 0.3) is 0 Å². The molecule has 2 aliphatic carbocycles. The minimum atomic E-state index is -0.350. The fourth-order valence-electron chi connectivity index (χ4n) is 4.46. The fraction of sp³-hybridized carbons (Fsp3) is 0.524. The first-order valence-corrected chi connectivity index (χ1v) is 9.62. The van der Waals surface area contributed by atoms with Crippen LogP contribution >= 0.6 is 0 Å². The number of nitrogens with one attached hydrogen (secondary N) is 1. The van der Waals surface area contributed by atoms with E-state index in [4.69, 9.17) is 0 Å². The number of carbonyl (C=O) groups is 2. The summed E-state index contributed by atoms with van der Waals surface area (Å²) < 4.78 is 13.3. The van der Waals surface area contributed by atoms with Crippen LogP contribution in [-0.2, 0) is 9.59 Å². The molecule has 0 bridgehead atoms. The Bertz CT molecular complexity index is 750. The SMILES string of the molecule is O=C(Nc1cccc(F)c1)[C@H]1CC12CCN(C(=O)C1=CCCCC1)CC2. The van der Waals surface area contributed by atoms with Gasteiger partial charge in [0, 0.05) is 30.3 Å². The molecule has 1 heterocycles. The van der Waals surface area contributed by atoms with Gasteiger partial charge in [-0.2, -0.15) is 0 Å². The third-order valence-corrected chi connectivity index (χ3v) is 6.21. The quantitative estimate of drug-likeness (QED) is 0.893. The van der Waals surface area contributed by atoms with E-state index < -0.39 is 0 Å². The fourth-order valence-corrected chi connectivity index (χ4v) is 4.46. The van der Waals surface area contributed by atoms with Crippen molar-refractivity contribution in [1.29, 1.82) is 0 Å². The van der Waals surface area contributed by atoms with Crippen LogP contribution in [-0.4, -0.2) is 29.8 Å². The Morgan fingerprint density at radius 2 is 2.00 bits per heavy atom. The number of allylic oxidation sites excluding steroid dienone is 1. The largest absolute Gasteiger partial charge is 0.339 e. The van der Waals surface area contributed by atoms with Gasteiger partial charge < -0.3 is 10.2 Å². The summed E-state index contributed by atoms with van der Waals surface area (Å²) in [6.07, 6.45) is 8.95. The highest BCUT2D eigenvalue weighted by Crippen LogP contribution is 2.59. The van der Waals surface area contributed by atoms with Gasteiger partial charge in [0.15, 0.2) is 0 Å². The van der Waals surface area contributed by atoms with E-state index in [1.54, 1.807) is 12.1 Å². The van der Waals surface area contributed by atoms with E-state index in [2.05, 4.69) is 11.4 Å². The van der Waals surface area contributed by atoms with E-state index in [9.17, 15) is 14.0 Å². The Balaban J connectivity index is 1.31. The van der Waals surface area contributed by atoms with Crippen molar-refractivity contribution in [1.82, 2.24) is 4.90 Å². The summed E-state index contributed by atoms with van der Waals surface area (Å²) in [5.41, 5.74) is 1.52. The molecule has 2 amide bonds. The number of anilines is 1. The number of carbonyl (C=O) groups excluding carboxylic acids is 2. The van der Waals surface area contributed by atoms with Crippen LogP contribution in [0.3, 0.4) is 0 Å². The molecule has 1 spiro atoms. The maximum Gasteiger partial charge on any atom is 0.249 e. The van der Waals surface area contributed by atoms with Crippen LogP contribution in [0.1, 0.15) is 44.9 Å². The molecule has 26 heavy (non-hydrogen) atoms. The van der Waals surface area contributed by atoms with Crippen molar-refractivity contribution in [2.24, 2.45) is 11.3 Å². The first-order chi connectivity index (χ1) is 12.6. The Morgan fingerprint density at radius 3 is 2.69 bits per heavy atom. The molecule has 138 valence electrons. The molecular weight excluding hydrogens is 331 g/mol. The second kappa shape index (κ2) is 6.86. The van der Waals surface area contributed by atoms with Crippen molar-refractivity contribution in [2.75, 3.05) is 18.4 Å². The Kier molecular flexibility index (Phi) is 4.55. The van der Waals surface area contributed by atoms with Crippen LogP contribution in [0, 0.1) is 17.2 Å². The summed E-state index contributed by atoms with van der Waals surface area (Å²) in [6.45, 7) is 1.47. The van der Waals surface area contributed by atoms with Crippen molar-refractivity contribution >= 4 is 17.5 Å². The second-order valence-corrected chi connectivity index (χ2v) is 7.89. The number of nitrogens with zero attached hydrogens (tertiary/aromatic N) is 1. The number of hydrogen-bond donors (Lipinski definition) is 1. The zero-order chi connectivity index (χ0) is 18.1. The Morgan fingerprint density at radius 1 is 1.19 bits per heavy atom. The molecule has 1 aliphatic heterocycles. The Hall–Kier alpha value is -2.17. The zero-order valence-corrected chi connectivity index (χ0v) is 15.0. The lowest BCUT2D eigenvalue weighted by atomic mass is 9.89. The number of piperidine rings is 1. The number of halogens is 1. The van der Waals surface area contributed by atoms with E-state index >= 15 is 0 Å². The van der Waals surface area contributed by atoms with Gasteiger partial charge in [0.2, 0.25) is 11.8 Å². The van der Waals surface area contributed by atoms with Crippen molar-refractivity contribution in [3.63, 3.8) is 0 Å². The highest BCUT2D eigenvalue weighted by atomic mass is 19.1. The predicted molar refractivity (Wildman–Crippen MR) is 97.9 cm³/mol. The first-order valence-electron chi connectivity index (χ1n) is 9.62. The summed E-state index contributed by atoms with van der Waals surface area (Å²) in [6, 6.07) is 6.00. The van der Waals surface area contributed by atoms with E-state index in [0.29, 0.717) is 5.69 Å². The number of amides is 2. The lowest BCUT2D eigenvalue weighted by Crippen LogP contribution is -2.41. The van der Waals surface area contributed by atoms with Gasteiger partial charge in [0.25, 0.3) is 0 Å². The van der Waals surface area contributed by atoms with Gasteiger partial charge in [0.1, 0.15) is 5.82 Å². The van der Waals surface area contributed by atoms with Gasteiger partial charge in [-0.05, 0) is 68.6 Å². The molecule has 1 aromatic carbocycles. The predicted octanol–water partition coefficient (Wildman–Crippen LogP) is 3.89. The van der Waals surface area contributed by atoms with Gasteiger partial charge in [-0.1, -0.05) is 12.1 Å². The molecule has 0 radical (unpaired) electrons. The summed E-state index contributed by atoms with van der Waals surface area (Å²) >= 11 is 0. The average molecular weight is 356 g/mol. The average Bonchev–Trinajstić information content (AvgIpc) is 3.36. The summed E-state index contributed by atoms with van der Waals surface area (Å²) in [5.74, 6) is -0.194. The van der Waals surface area contributed by atoms with Gasteiger partial charge >= 0.3 is 0 Å². The summed E-state index contributed by atoms with van der Waals surface area (Å²) in [5, 5.41) is 2.83. The molecule has 0 unspecified atom stereocenters. The van der Waals surface area contributed by atoms with Gasteiger partial charge in [0.05, 0.1) is 0 Å². The minimum Gasteiger partial charge on any atom is -0.339 e. The third-order valence-electron chi connectivity index (χ3n) is 6.21. The van der Waals surface area contributed by atoms with E-state index in [-0.39, 0.29) is 29.0 Å². The number of benzene rings is 1. The van der Waals surface area contributed by atoms with Gasteiger partial charge in [-0.3, -0.25) is 9.59 Å². The van der Waals surface area contributed by atoms with E-state index in [0.717, 1.165) is 57.2 Å². The van der Waals surface area contributed by atoms with Crippen molar-refractivity contribution in [3.05, 3.63) is 41.7 Å². The molecule has 1 aromatic rings. The highest BCUT2D eigenvalue weighted by molar-refractivity contribution is 5.95. The monoisotopic (exact) mass is 356 g/mol. The Labute approximate surface area is 153 Å². The second-order valence-electron chi connectivity index (χ2n) is 7.89. The number of hydrogen-bond acceptors (Lipinski definition) is 2. The maximum absolute atomic E-state index is 13.3. The molecule has 5 heteroatoms. The zero-order valence-electron chi connectivity index (χ0n) is 15.0. The molecule has 0 aromatic heterocycles. The molecule has 4 rings (SSSR count). The van der Waals surface area contributed by atoms with Crippen LogP contribution in [0.5, 0.6) is 0 Å². The van der Waals surface area contributed by atoms with Crippen molar-refractivity contribution < 1.29 is 14.0 Å². The summed E-state index contributed by atoms with van der Waals surface area (Å²) in [7, 11) is 0. The van der Waals surface area contributed by atoms with Crippen LogP contribution in [0.15, 0.2) is 35.9 Å². The first kappa shape index (κ1) is 17.3. The third kappa shape index (κ3) is 3.39. The lowest BCUT2D eigenvalue weighted by Gasteiger charge is -2.34. The van der Waals surface area contributed by atoms with Crippen molar-refractivity contribution in [3.8, 4) is 0 Å². The molecular formula is C21H25FN2O2. The van der Waals surface area contributed by atoms with Crippen molar-refractivity contribution in [2.45, 2.75) is 44.9 Å². The standard InChI is InChI=1S/C21H25FN2O2/c22-16-7-4-8-17(13-16)23-19(25)18-14-21(18)9-11-24(12-10-21)20(26)15-5-2-1-3-6-15/h4-5,7-8,13,18H,1-3,6,9-12,14H2,(H,23,25)/t18-/m1/s1. The minimum absolute atomic E-state index is 0.0167. The topological polar surface area (TPSA) is 49.4 Å². The smallest absolute Gasteiger partial charge is 0.249 e. The van der Waals surface area contributed by atoms with Crippen LogP contribution < -0.4 is 5.32 Å². The maximum atomic E-state index is 13.3. The lowest BCUT2D eigenvalue weighted by molar-refractivity contribution is -0.129. The van der Waals surface area contributed by atoms with Crippen LogP contribution in [0.2, 0.25) is 0 Å². The molecule has 3 aliphatic rings. The van der Waals surface area contributed by atoms with Gasteiger partial charge in [-0.25, -0.2) is 4.39 Å². The van der Waals surface area contributed by atoms with E-state index in [1.807, 2.05) is 4.90 Å². The summed E-state index contributed by atoms with van der Waals surface area (Å²) in [4.78, 5) is 27.1. The molecule has 4 nitrogen and oxygen atoms in total. The van der Waals surface area contributed by atoms with Gasteiger partial charge in [-0.15, -0.1) is 0 Å². The molecule has 1 atom stereocenters. The number of likely N-dealkylation sites (tertiary alicyclic amines) is 1. The normalized spacial score (nSPS) is 24.1. The van der Waals surface area contributed by atoms with Crippen LogP contribution in [0.4, 0.5) is 10.1 Å².